The summed E-state index contributed by atoms with van der Waals surface area (Å²) in [5, 5.41) is 1.42. The third-order valence-electron chi connectivity index (χ3n) is 9.66. The molecule has 0 saturated carbocycles. The summed E-state index contributed by atoms with van der Waals surface area (Å²) in [5.74, 6) is -0.682. The molecule has 2 aliphatic rings. The summed E-state index contributed by atoms with van der Waals surface area (Å²) < 4.78 is 108. The van der Waals surface area contributed by atoms with Crippen molar-refractivity contribution in [3.8, 4) is 11.1 Å². The first-order valence-electron chi connectivity index (χ1n) is 18.0. The number of unbranched alkanes of at least 4 members (excludes halogenated alkanes) is 3. The number of urea groups is 1. The Labute approximate surface area is 308 Å². The van der Waals surface area contributed by atoms with Gasteiger partial charge in [0.05, 0.1) is 30.0 Å². The van der Waals surface area contributed by atoms with Crippen molar-refractivity contribution in [1.82, 2.24) is 10.2 Å². The SMILES string of the molecule is CCCCCCNC(=O)N(CCc1ccc(C(P2(=O)OC(C)C(C)O2)P2(=O)OC(C)C(C)O2)cc1F)Cc1ccc(-c2ccccc2C(F)(F)F)cc1. The highest BCUT2D eigenvalue weighted by molar-refractivity contribution is 7.72. The Morgan fingerprint density at radius 1 is 0.830 bits per heavy atom. The average molecular weight is 783 g/mol. The number of nitrogens with one attached hydrogen (secondary N) is 1. The lowest BCUT2D eigenvalue weighted by molar-refractivity contribution is -0.137. The van der Waals surface area contributed by atoms with Gasteiger partial charge in [0.25, 0.3) is 0 Å². The number of hydrogen-bond donors (Lipinski definition) is 1. The van der Waals surface area contributed by atoms with Gasteiger partial charge in [-0.25, -0.2) is 9.18 Å². The molecule has 290 valence electrons. The molecule has 0 radical (unpaired) electrons. The van der Waals surface area contributed by atoms with Crippen LogP contribution in [0.3, 0.4) is 0 Å². The van der Waals surface area contributed by atoms with Gasteiger partial charge in [0, 0.05) is 19.6 Å². The van der Waals surface area contributed by atoms with E-state index in [-0.39, 0.29) is 42.2 Å². The van der Waals surface area contributed by atoms with Crippen LogP contribution in [-0.4, -0.2) is 48.4 Å². The van der Waals surface area contributed by atoms with E-state index in [1.54, 1.807) is 58.0 Å². The van der Waals surface area contributed by atoms with Gasteiger partial charge < -0.3 is 28.3 Å². The molecular formula is C38H48F4N2O7P2. The number of alkyl halides is 3. The molecule has 53 heavy (non-hydrogen) atoms. The Balaban J connectivity index is 1.36. The molecule has 4 atom stereocenters. The smallest absolute Gasteiger partial charge is 0.338 e. The fourth-order valence-electron chi connectivity index (χ4n) is 6.37. The summed E-state index contributed by atoms with van der Waals surface area (Å²) in [5.41, 5.74) is 0.689. The number of amides is 2. The second-order valence-electron chi connectivity index (χ2n) is 13.8. The van der Waals surface area contributed by atoms with Crippen LogP contribution >= 0.6 is 15.2 Å². The van der Waals surface area contributed by atoms with E-state index in [4.69, 9.17) is 18.1 Å². The summed E-state index contributed by atoms with van der Waals surface area (Å²) in [6.45, 7) is 9.47. The number of nitrogens with zero attached hydrogens (tertiary/aromatic N) is 1. The highest BCUT2D eigenvalue weighted by Crippen LogP contribution is 2.82. The summed E-state index contributed by atoms with van der Waals surface area (Å²) in [7, 11) is -8.30. The standard InChI is InChI=1S/C38H48F4N2O7P2/c1-6-7-8-11-21-43-37(45)44(24-29-14-16-30(17-15-29)33-12-9-10-13-34(33)38(40,41)42)22-20-31-18-19-32(23-35(31)39)36(52(46)48-25(2)26(3)49-52)53(47)50-27(4)28(5)51-53/h9-10,12-19,23,25-28,36H,6-8,11,20-22,24H2,1-5H3,(H,43,45). The Bertz CT molecular complexity index is 1760. The van der Waals surface area contributed by atoms with Gasteiger partial charge in [0.15, 0.2) is 5.40 Å². The van der Waals surface area contributed by atoms with Gasteiger partial charge in [-0.05, 0) is 80.5 Å². The number of rotatable bonds is 14. The van der Waals surface area contributed by atoms with Gasteiger partial charge in [-0.15, -0.1) is 0 Å². The molecule has 0 bridgehead atoms. The molecule has 2 fully saturated rings. The monoisotopic (exact) mass is 782 g/mol. The number of benzene rings is 3. The topological polar surface area (TPSA) is 103 Å². The van der Waals surface area contributed by atoms with E-state index in [0.717, 1.165) is 37.8 Å². The fourth-order valence-corrected chi connectivity index (χ4v) is 12.6. The lowest BCUT2D eigenvalue weighted by Crippen LogP contribution is -2.41. The van der Waals surface area contributed by atoms with Crippen LogP contribution in [0.15, 0.2) is 66.7 Å². The van der Waals surface area contributed by atoms with E-state index in [9.17, 15) is 27.1 Å². The third-order valence-corrected chi connectivity index (χ3v) is 15.7. The molecule has 3 aromatic carbocycles. The molecule has 0 aliphatic carbocycles. The van der Waals surface area contributed by atoms with Crippen LogP contribution in [0, 0.1) is 5.82 Å². The fraction of sp³-hybridized carbons (Fsp3) is 0.500. The molecule has 3 aromatic rings. The van der Waals surface area contributed by atoms with E-state index in [1.807, 2.05) is 0 Å². The second-order valence-corrected chi connectivity index (χ2v) is 18.2. The Hall–Kier alpha value is -3.05. The second kappa shape index (κ2) is 17.2. The molecule has 1 N–H and O–H groups in total. The molecule has 2 saturated heterocycles. The molecule has 5 rings (SSSR count). The van der Waals surface area contributed by atoms with E-state index in [1.165, 1.54) is 29.2 Å². The van der Waals surface area contributed by atoms with Crippen LogP contribution in [0.4, 0.5) is 22.4 Å². The van der Waals surface area contributed by atoms with Crippen molar-refractivity contribution in [2.24, 2.45) is 0 Å². The van der Waals surface area contributed by atoms with Crippen molar-refractivity contribution in [3.63, 3.8) is 0 Å². The predicted octanol–water partition coefficient (Wildman–Crippen LogP) is 10.9. The van der Waals surface area contributed by atoms with Crippen LogP contribution < -0.4 is 5.32 Å². The zero-order valence-electron chi connectivity index (χ0n) is 30.6. The highest BCUT2D eigenvalue weighted by atomic mass is 31.2. The van der Waals surface area contributed by atoms with Gasteiger partial charge >= 0.3 is 27.4 Å². The molecular weight excluding hydrogens is 734 g/mol. The number of carbonyl (C=O) groups excluding carboxylic acids is 1. The zero-order chi connectivity index (χ0) is 38.6. The van der Waals surface area contributed by atoms with Crippen molar-refractivity contribution >= 4 is 21.2 Å². The first kappa shape index (κ1) is 41.1. The van der Waals surface area contributed by atoms with E-state index in [0.29, 0.717) is 17.7 Å². The van der Waals surface area contributed by atoms with Crippen LogP contribution in [0.5, 0.6) is 0 Å². The van der Waals surface area contributed by atoms with Crippen molar-refractivity contribution in [2.75, 3.05) is 13.1 Å². The predicted molar refractivity (Wildman–Crippen MR) is 195 cm³/mol. The molecule has 2 aliphatic heterocycles. The molecule has 2 heterocycles. The molecule has 4 unspecified atom stereocenters. The summed E-state index contributed by atoms with van der Waals surface area (Å²) in [4.78, 5) is 14.9. The number of hydrogen-bond acceptors (Lipinski definition) is 7. The summed E-state index contributed by atoms with van der Waals surface area (Å²) in [6.07, 6.45) is -2.90. The van der Waals surface area contributed by atoms with Crippen LogP contribution in [0.2, 0.25) is 0 Å². The molecule has 15 heteroatoms. The quantitative estimate of drug-likeness (QED) is 0.0986. The van der Waals surface area contributed by atoms with Crippen molar-refractivity contribution in [2.45, 2.75) is 109 Å². The molecule has 0 aromatic heterocycles. The maximum Gasteiger partial charge on any atom is 0.417 e. The maximum atomic E-state index is 15.9. The first-order chi connectivity index (χ1) is 25.0. The van der Waals surface area contributed by atoms with Crippen molar-refractivity contribution in [1.29, 1.82) is 0 Å². The van der Waals surface area contributed by atoms with Crippen LogP contribution in [0.1, 0.15) is 88.0 Å². The minimum Gasteiger partial charge on any atom is -0.338 e. The van der Waals surface area contributed by atoms with Gasteiger partial charge in [0.2, 0.25) is 0 Å². The van der Waals surface area contributed by atoms with E-state index >= 15 is 4.39 Å². The minimum absolute atomic E-state index is 0.0506. The number of halogens is 4. The summed E-state index contributed by atoms with van der Waals surface area (Å²) in [6, 6.07) is 15.6. The number of carbonyl (C=O) groups is 1. The van der Waals surface area contributed by atoms with Gasteiger partial charge in [-0.3, -0.25) is 9.13 Å². The lowest BCUT2D eigenvalue weighted by atomic mass is 9.98. The maximum absolute atomic E-state index is 15.9. The van der Waals surface area contributed by atoms with E-state index in [2.05, 4.69) is 12.2 Å². The minimum atomic E-state index is -4.52. The van der Waals surface area contributed by atoms with Crippen molar-refractivity contribution in [3.05, 3.63) is 94.8 Å². The summed E-state index contributed by atoms with van der Waals surface area (Å²) >= 11 is 0. The largest absolute Gasteiger partial charge is 0.417 e. The molecule has 2 amide bonds. The normalized spacial score (nSPS) is 26.4. The first-order valence-corrected chi connectivity index (χ1v) is 21.3. The lowest BCUT2D eigenvalue weighted by Gasteiger charge is -2.27. The Morgan fingerprint density at radius 3 is 1.96 bits per heavy atom. The zero-order valence-corrected chi connectivity index (χ0v) is 32.4. The Morgan fingerprint density at radius 2 is 1.42 bits per heavy atom. The third kappa shape index (κ3) is 9.80. The highest BCUT2D eigenvalue weighted by Gasteiger charge is 2.60. The van der Waals surface area contributed by atoms with Gasteiger partial charge in [-0.2, -0.15) is 13.2 Å². The Kier molecular flexibility index (Phi) is 13.3. The van der Waals surface area contributed by atoms with Gasteiger partial charge in [0.1, 0.15) is 5.82 Å². The molecule has 9 nitrogen and oxygen atoms in total. The molecule has 0 spiro atoms. The average Bonchev–Trinajstić information content (AvgIpc) is 3.52. The van der Waals surface area contributed by atoms with Crippen LogP contribution in [0.25, 0.3) is 11.1 Å². The van der Waals surface area contributed by atoms with Gasteiger partial charge in [-0.1, -0.05) is 80.8 Å². The van der Waals surface area contributed by atoms with E-state index < -0.39 is 62.6 Å². The van der Waals surface area contributed by atoms with Crippen LogP contribution in [-0.2, 0) is 46.4 Å². The van der Waals surface area contributed by atoms with Crippen molar-refractivity contribution < 1.29 is 49.6 Å².